The summed E-state index contributed by atoms with van der Waals surface area (Å²) >= 11 is 0. The van der Waals surface area contributed by atoms with Gasteiger partial charge in [-0.3, -0.25) is 14.5 Å². The molecular weight excluding hydrogens is 294 g/mol. The zero-order chi connectivity index (χ0) is 17.1. The van der Waals surface area contributed by atoms with Crippen LogP contribution in [-0.2, 0) is 14.4 Å². The highest BCUT2D eigenvalue weighted by molar-refractivity contribution is 5.86. The molecule has 0 aromatic carbocycles. The molecule has 1 aliphatic heterocycles. The van der Waals surface area contributed by atoms with E-state index in [0.29, 0.717) is 0 Å². The van der Waals surface area contributed by atoms with E-state index in [-0.39, 0.29) is 19.6 Å². The van der Waals surface area contributed by atoms with Crippen LogP contribution in [-0.4, -0.2) is 83.5 Å². The highest BCUT2D eigenvalue weighted by Crippen LogP contribution is 2.17. The van der Waals surface area contributed by atoms with Crippen LogP contribution in [0.3, 0.4) is 0 Å². The van der Waals surface area contributed by atoms with Crippen LogP contribution in [0.25, 0.3) is 0 Å². The summed E-state index contributed by atoms with van der Waals surface area (Å²) in [6.07, 6.45) is -1.79. The molecule has 0 radical (unpaired) electrons. The van der Waals surface area contributed by atoms with Gasteiger partial charge in [-0.15, -0.1) is 0 Å². The van der Waals surface area contributed by atoms with Crippen LogP contribution >= 0.6 is 0 Å². The number of nitrogens with zero attached hydrogens (tertiary/aromatic N) is 3. The summed E-state index contributed by atoms with van der Waals surface area (Å²) in [5.74, 6) is -0.515. The van der Waals surface area contributed by atoms with E-state index in [4.69, 9.17) is 14.7 Å². The van der Waals surface area contributed by atoms with Gasteiger partial charge in [0.05, 0.1) is 13.7 Å². The molecule has 9 nitrogen and oxygen atoms in total. The van der Waals surface area contributed by atoms with Gasteiger partial charge in [0.15, 0.2) is 0 Å². The highest BCUT2D eigenvalue weighted by Gasteiger charge is 2.40. The molecular formula is C13H23N3O6. The van der Waals surface area contributed by atoms with Crippen LogP contribution < -0.4 is 0 Å². The van der Waals surface area contributed by atoms with Gasteiger partial charge in [-0.05, 0) is 20.8 Å². The summed E-state index contributed by atoms with van der Waals surface area (Å²) in [6, 6.07) is -0.982. The molecule has 0 saturated carbocycles. The monoisotopic (exact) mass is 317 g/mol. The van der Waals surface area contributed by atoms with E-state index in [0.717, 1.165) is 9.96 Å². The molecule has 1 rings (SSSR count). The molecule has 0 aromatic rings. The van der Waals surface area contributed by atoms with E-state index in [1.165, 1.54) is 19.1 Å². The van der Waals surface area contributed by atoms with Crippen molar-refractivity contribution in [1.82, 2.24) is 14.9 Å². The predicted octanol–water partition coefficient (Wildman–Crippen LogP) is 0.606. The number of hydrogen-bond acceptors (Lipinski definition) is 5. The summed E-state index contributed by atoms with van der Waals surface area (Å²) in [5, 5.41) is 10.0. The molecule has 1 atom stereocenters. The lowest BCUT2D eigenvalue weighted by atomic mass is 10.1. The van der Waals surface area contributed by atoms with E-state index in [1.54, 1.807) is 20.8 Å². The Balaban J connectivity index is 2.95. The molecule has 1 heterocycles. The Morgan fingerprint density at radius 2 is 1.82 bits per heavy atom. The van der Waals surface area contributed by atoms with Gasteiger partial charge in [0.25, 0.3) is 5.91 Å². The summed E-state index contributed by atoms with van der Waals surface area (Å²) < 4.78 is 5.28. The minimum Gasteiger partial charge on any atom is -0.465 e. The average molecular weight is 317 g/mol. The largest absolute Gasteiger partial charge is 0.465 e. The van der Waals surface area contributed by atoms with Crippen molar-refractivity contribution in [2.45, 2.75) is 32.4 Å². The number of piperazine rings is 1. The minimum absolute atomic E-state index is 0.0785. The second-order valence-electron chi connectivity index (χ2n) is 5.94. The molecule has 1 fully saturated rings. The summed E-state index contributed by atoms with van der Waals surface area (Å²) in [5.41, 5.74) is -0.707. The SMILES string of the molecule is CON(C)C(=O)C1CN(C(=O)O)CCN1C(=O)OC(C)(C)C. The quantitative estimate of drug-likeness (QED) is 0.749. The molecule has 0 aliphatic carbocycles. The number of ether oxygens (including phenoxy) is 1. The number of carbonyl (C=O) groups excluding carboxylic acids is 2. The van der Waals surface area contributed by atoms with Gasteiger partial charge >= 0.3 is 12.2 Å². The number of carbonyl (C=O) groups is 3. The van der Waals surface area contributed by atoms with Gasteiger partial charge in [0.2, 0.25) is 0 Å². The molecule has 0 bridgehead atoms. The van der Waals surface area contributed by atoms with Crippen molar-refractivity contribution in [3.63, 3.8) is 0 Å². The molecule has 0 spiro atoms. The lowest BCUT2D eigenvalue weighted by molar-refractivity contribution is -0.176. The minimum atomic E-state index is -1.14. The third-order valence-corrected chi connectivity index (χ3v) is 3.15. The number of rotatable bonds is 2. The van der Waals surface area contributed by atoms with Crippen LogP contribution in [0.15, 0.2) is 0 Å². The highest BCUT2D eigenvalue weighted by atomic mass is 16.7. The fourth-order valence-electron chi connectivity index (χ4n) is 2.01. The van der Waals surface area contributed by atoms with Crippen molar-refractivity contribution in [3.8, 4) is 0 Å². The molecule has 126 valence electrons. The molecule has 22 heavy (non-hydrogen) atoms. The smallest absolute Gasteiger partial charge is 0.411 e. The Bertz CT molecular complexity index is 448. The van der Waals surface area contributed by atoms with Crippen molar-refractivity contribution in [3.05, 3.63) is 0 Å². The maximum atomic E-state index is 12.3. The summed E-state index contributed by atoms with van der Waals surface area (Å²) in [6.45, 7) is 5.23. The Kier molecular flexibility index (Phi) is 5.59. The fraction of sp³-hybridized carbons (Fsp3) is 0.769. The number of hydrogen-bond donors (Lipinski definition) is 1. The van der Waals surface area contributed by atoms with Crippen molar-refractivity contribution in [2.24, 2.45) is 0 Å². The molecule has 9 heteroatoms. The third-order valence-electron chi connectivity index (χ3n) is 3.15. The van der Waals surface area contributed by atoms with Crippen molar-refractivity contribution in [2.75, 3.05) is 33.8 Å². The van der Waals surface area contributed by atoms with Crippen molar-refractivity contribution >= 4 is 18.1 Å². The number of carboxylic acid groups (broad SMARTS) is 1. The van der Waals surface area contributed by atoms with Crippen molar-refractivity contribution in [1.29, 1.82) is 0 Å². The second-order valence-corrected chi connectivity index (χ2v) is 5.94. The first-order chi connectivity index (χ1) is 10.1. The topological polar surface area (TPSA) is 99.6 Å². The van der Waals surface area contributed by atoms with E-state index >= 15 is 0 Å². The number of amides is 3. The van der Waals surface area contributed by atoms with Gasteiger partial charge in [0.1, 0.15) is 11.6 Å². The molecule has 1 aliphatic rings. The van der Waals surface area contributed by atoms with Crippen LogP contribution in [0.1, 0.15) is 20.8 Å². The van der Waals surface area contributed by atoms with E-state index < -0.39 is 29.7 Å². The Labute approximate surface area is 129 Å². The Morgan fingerprint density at radius 3 is 2.27 bits per heavy atom. The zero-order valence-electron chi connectivity index (χ0n) is 13.5. The lowest BCUT2D eigenvalue weighted by Gasteiger charge is -2.40. The number of likely N-dealkylation sites (N-methyl/N-ethyl adjacent to an activating group) is 1. The first-order valence-electron chi connectivity index (χ1n) is 6.86. The van der Waals surface area contributed by atoms with E-state index in [1.807, 2.05) is 0 Å². The second kappa shape index (κ2) is 6.82. The molecule has 1 N–H and O–H groups in total. The maximum absolute atomic E-state index is 12.3. The van der Waals surface area contributed by atoms with Gasteiger partial charge in [0, 0.05) is 20.1 Å². The Hall–Kier alpha value is -2.03. The van der Waals surface area contributed by atoms with Crippen LogP contribution in [0, 0.1) is 0 Å². The lowest BCUT2D eigenvalue weighted by Crippen LogP contribution is -2.62. The maximum Gasteiger partial charge on any atom is 0.411 e. The van der Waals surface area contributed by atoms with E-state index in [2.05, 4.69) is 0 Å². The van der Waals surface area contributed by atoms with Gasteiger partial charge in [-0.2, -0.15) is 0 Å². The molecule has 0 aromatic heterocycles. The van der Waals surface area contributed by atoms with Crippen molar-refractivity contribution < 1.29 is 29.1 Å². The Morgan fingerprint density at radius 1 is 1.23 bits per heavy atom. The first kappa shape index (κ1) is 18.0. The predicted molar refractivity (Wildman–Crippen MR) is 76.1 cm³/mol. The first-order valence-corrected chi connectivity index (χ1v) is 6.86. The van der Waals surface area contributed by atoms with Crippen LogP contribution in [0.5, 0.6) is 0 Å². The third kappa shape index (κ3) is 4.48. The standard InChI is InChI=1S/C13H23N3O6/c1-13(2,3)22-12(20)16-7-6-15(11(18)19)8-9(16)10(17)14(4)21-5/h9H,6-8H2,1-5H3,(H,18,19). The van der Waals surface area contributed by atoms with Gasteiger partial charge < -0.3 is 14.7 Å². The normalized spacial score (nSPS) is 18.9. The van der Waals surface area contributed by atoms with Gasteiger partial charge in [-0.1, -0.05) is 0 Å². The molecule has 1 saturated heterocycles. The summed E-state index contributed by atoms with van der Waals surface area (Å²) in [4.78, 5) is 42.8. The van der Waals surface area contributed by atoms with Crippen LogP contribution in [0.2, 0.25) is 0 Å². The van der Waals surface area contributed by atoms with Crippen LogP contribution in [0.4, 0.5) is 9.59 Å². The average Bonchev–Trinajstić information content (AvgIpc) is 2.42. The number of hydroxylamine groups is 2. The molecule has 1 unspecified atom stereocenters. The van der Waals surface area contributed by atoms with E-state index in [9.17, 15) is 14.4 Å². The summed E-state index contributed by atoms with van der Waals surface area (Å²) in [7, 11) is 2.71. The fourth-order valence-corrected chi connectivity index (χ4v) is 2.01. The van der Waals surface area contributed by atoms with Gasteiger partial charge in [-0.25, -0.2) is 14.7 Å². The molecule has 3 amide bonds. The zero-order valence-corrected chi connectivity index (χ0v) is 13.5.